The van der Waals surface area contributed by atoms with Crippen molar-refractivity contribution >= 4 is 44.1 Å². The Morgan fingerprint density at radius 3 is 2.42 bits per heavy atom. The molecule has 0 aliphatic carbocycles. The minimum atomic E-state index is -4.16. The van der Waals surface area contributed by atoms with Gasteiger partial charge in [-0.3, -0.25) is 0 Å². The molecule has 9 heteroatoms. The van der Waals surface area contributed by atoms with E-state index in [1.807, 2.05) is 0 Å². The summed E-state index contributed by atoms with van der Waals surface area (Å²) in [6.45, 7) is 1.77. The van der Waals surface area contributed by atoms with Crippen molar-refractivity contribution in [3.8, 4) is 11.8 Å². The molecule has 4 aromatic rings. The van der Waals surface area contributed by atoms with Crippen molar-refractivity contribution in [3.63, 3.8) is 0 Å². The van der Waals surface area contributed by atoms with Crippen molar-refractivity contribution in [1.82, 2.24) is 3.97 Å². The van der Waals surface area contributed by atoms with E-state index < -0.39 is 16.1 Å². The van der Waals surface area contributed by atoms with E-state index in [2.05, 4.69) is 6.07 Å². The summed E-state index contributed by atoms with van der Waals surface area (Å²) < 4.78 is 33.8. The van der Waals surface area contributed by atoms with Gasteiger partial charge in [0, 0.05) is 16.0 Å². The lowest BCUT2D eigenvalue weighted by molar-refractivity contribution is 0.214. The Morgan fingerprint density at radius 2 is 1.79 bits per heavy atom. The van der Waals surface area contributed by atoms with Crippen LogP contribution in [0.5, 0.6) is 5.75 Å². The SMILES string of the molecule is COc1ccc(Cl)c(C(O)c2cc3c(C)cc(C#N)cc3n2S(=O)(=O)c2ccccc2)c1Cl. The van der Waals surface area contributed by atoms with Crippen LogP contribution in [-0.2, 0) is 10.0 Å². The Bertz CT molecular complexity index is 1520. The van der Waals surface area contributed by atoms with Gasteiger partial charge in [-0.2, -0.15) is 5.26 Å². The van der Waals surface area contributed by atoms with Gasteiger partial charge in [-0.15, -0.1) is 0 Å². The van der Waals surface area contributed by atoms with Gasteiger partial charge < -0.3 is 9.84 Å². The van der Waals surface area contributed by atoms with Crippen molar-refractivity contribution in [2.75, 3.05) is 7.11 Å². The highest BCUT2D eigenvalue weighted by Crippen LogP contribution is 2.42. The maximum Gasteiger partial charge on any atom is 0.268 e. The minimum Gasteiger partial charge on any atom is -0.495 e. The molecule has 3 aromatic carbocycles. The van der Waals surface area contributed by atoms with Gasteiger partial charge in [0.2, 0.25) is 0 Å². The number of fused-ring (bicyclic) bond motifs is 1. The number of benzene rings is 3. The second-order valence-electron chi connectivity index (χ2n) is 7.37. The molecule has 0 spiro atoms. The number of hydrogen-bond acceptors (Lipinski definition) is 5. The second-order valence-corrected chi connectivity index (χ2v) is 9.94. The molecule has 0 aliphatic heterocycles. The van der Waals surface area contributed by atoms with Crippen LogP contribution in [0.25, 0.3) is 10.9 Å². The van der Waals surface area contributed by atoms with Gasteiger partial charge in [-0.1, -0.05) is 41.4 Å². The monoisotopic (exact) mass is 500 g/mol. The molecule has 0 saturated heterocycles. The summed E-state index contributed by atoms with van der Waals surface area (Å²) in [4.78, 5) is 0.0267. The molecule has 0 amide bonds. The van der Waals surface area contributed by atoms with Crippen molar-refractivity contribution in [3.05, 3.63) is 93.1 Å². The molecule has 1 atom stereocenters. The van der Waals surface area contributed by atoms with E-state index in [0.29, 0.717) is 16.5 Å². The number of nitriles is 1. The van der Waals surface area contributed by atoms with E-state index in [-0.39, 0.29) is 37.5 Å². The zero-order valence-corrected chi connectivity index (χ0v) is 19.9. The Kier molecular flexibility index (Phi) is 6.12. The smallest absolute Gasteiger partial charge is 0.268 e. The van der Waals surface area contributed by atoms with E-state index in [1.54, 1.807) is 43.3 Å². The maximum atomic E-state index is 13.7. The molecule has 1 heterocycles. The van der Waals surface area contributed by atoms with Gasteiger partial charge >= 0.3 is 0 Å². The molecule has 0 aliphatic rings. The average Bonchev–Trinajstić information content (AvgIpc) is 3.20. The predicted octanol–water partition coefficient (Wildman–Crippen LogP) is 5.46. The maximum absolute atomic E-state index is 13.7. The number of nitrogens with zero attached hydrogens (tertiary/aromatic N) is 2. The van der Waals surface area contributed by atoms with Crippen LogP contribution in [0.4, 0.5) is 0 Å². The lowest BCUT2D eigenvalue weighted by Gasteiger charge is -2.19. The van der Waals surface area contributed by atoms with E-state index in [0.717, 1.165) is 3.97 Å². The fraction of sp³-hybridized carbons (Fsp3) is 0.125. The fourth-order valence-electron chi connectivity index (χ4n) is 3.81. The van der Waals surface area contributed by atoms with E-state index in [1.165, 1.54) is 31.4 Å². The number of aliphatic hydroxyl groups excluding tert-OH is 1. The molecule has 0 bridgehead atoms. The molecule has 33 heavy (non-hydrogen) atoms. The van der Waals surface area contributed by atoms with Gasteiger partial charge in [0.05, 0.1) is 39.9 Å². The number of aliphatic hydroxyl groups is 1. The molecule has 168 valence electrons. The Hall–Kier alpha value is -3.02. The number of aromatic nitrogens is 1. The Morgan fingerprint density at radius 1 is 1.09 bits per heavy atom. The van der Waals surface area contributed by atoms with Gasteiger partial charge in [0.25, 0.3) is 10.0 Å². The first kappa shape index (κ1) is 23.1. The van der Waals surface area contributed by atoms with E-state index in [9.17, 15) is 18.8 Å². The summed E-state index contributed by atoms with van der Waals surface area (Å²) in [6, 6.07) is 17.7. The number of rotatable bonds is 5. The number of halogens is 2. The molecular weight excluding hydrogens is 483 g/mol. The normalized spacial score (nSPS) is 12.5. The zero-order chi connectivity index (χ0) is 23.9. The first-order valence-electron chi connectivity index (χ1n) is 9.77. The summed E-state index contributed by atoms with van der Waals surface area (Å²) in [5, 5.41) is 21.6. The third-order valence-corrected chi connectivity index (χ3v) is 7.86. The van der Waals surface area contributed by atoms with Crippen LogP contribution in [0, 0.1) is 18.3 Å². The van der Waals surface area contributed by atoms with Crippen LogP contribution < -0.4 is 4.74 Å². The zero-order valence-electron chi connectivity index (χ0n) is 17.6. The third kappa shape index (κ3) is 3.85. The molecule has 1 unspecified atom stereocenters. The van der Waals surface area contributed by atoms with Crippen LogP contribution in [0.2, 0.25) is 10.0 Å². The predicted molar refractivity (Wildman–Crippen MR) is 127 cm³/mol. The molecule has 6 nitrogen and oxygen atoms in total. The first-order valence-corrected chi connectivity index (χ1v) is 12.0. The Labute approximate surface area is 201 Å². The van der Waals surface area contributed by atoms with E-state index in [4.69, 9.17) is 27.9 Å². The standard InChI is InChI=1S/C24H18Cl2N2O4S/c1-14-10-15(13-27)11-19-17(14)12-20(28(19)33(30,31)16-6-4-3-5-7-16)24(29)22-18(25)8-9-21(32-2)23(22)26/h3-12,24,29H,1-2H3. The molecule has 1 aromatic heterocycles. The second kappa shape index (κ2) is 8.73. The van der Waals surface area contributed by atoms with E-state index >= 15 is 0 Å². The third-order valence-electron chi connectivity index (χ3n) is 5.39. The van der Waals surface area contributed by atoms with Gasteiger partial charge in [-0.25, -0.2) is 12.4 Å². The highest BCUT2D eigenvalue weighted by molar-refractivity contribution is 7.90. The van der Waals surface area contributed by atoms with Crippen molar-refractivity contribution < 1.29 is 18.3 Å². The molecule has 4 rings (SSSR count). The van der Waals surface area contributed by atoms with Crippen LogP contribution in [0.1, 0.15) is 28.5 Å². The largest absolute Gasteiger partial charge is 0.495 e. The molecule has 0 radical (unpaired) electrons. The number of aryl methyl sites for hydroxylation is 1. The minimum absolute atomic E-state index is 0.0267. The summed E-state index contributed by atoms with van der Waals surface area (Å²) in [7, 11) is -2.73. The Balaban J connectivity index is 2.10. The van der Waals surface area contributed by atoms with Crippen LogP contribution in [0.3, 0.4) is 0 Å². The first-order chi connectivity index (χ1) is 15.7. The molecular formula is C24H18Cl2N2O4S. The number of methoxy groups -OCH3 is 1. The lowest BCUT2D eigenvalue weighted by Crippen LogP contribution is -2.18. The van der Waals surface area contributed by atoms with Crippen LogP contribution >= 0.6 is 23.2 Å². The van der Waals surface area contributed by atoms with Crippen molar-refractivity contribution in [2.24, 2.45) is 0 Å². The quantitative estimate of drug-likeness (QED) is 0.392. The summed E-state index contributed by atoms with van der Waals surface area (Å²) in [5.41, 5.74) is 1.38. The van der Waals surface area contributed by atoms with Crippen molar-refractivity contribution in [2.45, 2.75) is 17.9 Å². The highest BCUT2D eigenvalue weighted by Gasteiger charge is 2.30. The van der Waals surface area contributed by atoms with Crippen LogP contribution in [0.15, 0.2) is 65.6 Å². The number of ether oxygens (including phenoxy) is 1. The van der Waals surface area contributed by atoms with Crippen molar-refractivity contribution in [1.29, 1.82) is 5.26 Å². The highest BCUT2D eigenvalue weighted by atomic mass is 35.5. The lowest BCUT2D eigenvalue weighted by atomic mass is 10.0. The fourth-order valence-corrected chi connectivity index (χ4v) is 6.01. The topological polar surface area (TPSA) is 92.3 Å². The van der Waals surface area contributed by atoms with Gasteiger partial charge in [-0.05, 0) is 55.0 Å². The van der Waals surface area contributed by atoms with Gasteiger partial charge in [0.15, 0.2) is 0 Å². The molecule has 0 fully saturated rings. The number of hydrogen-bond donors (Lipinski definition) is 1. The molecule has 0 saturated carbocycles. The summed E-state index contributed by atoms with van der Waals surface area (Å²) in [6.07, 6.45) is -1.50. The average molecular weight is 501 g/mol. The van der Waals surface area contributed by atoms with Gasteiger partial charge in [0.1, 0.15) is 11.9 Å². The summed E-state index contributed by atoms with van der Waals surface area (Å²) in [5.74, 6) is 0.284. The molecule has 1 N–H and O–H groups in total. The van der Waals surface area contributed by atoms with Crippen LogP contribution in [-0.4, -0.2) is 24.6 Å². The summed E-state index contributed by atoms with van der Waals surface area (Å²) >= 11 is 12.8.